The van der Waals surface area contributed by atoms with E-state index >= 15 is 0 Å². The van der Waals surface area contributed by atoms with Gasteiger partial charge in [-0.15, -0.1) is 0 Å². The molecular weight excluding hydrogens is 323 g/mol. The Hall–Kier alpha value is -0.940. The van der Waals surface area contributed by atoms with E-state index in [1.54, 1.807) is 17.0 Å². The third-order valence-corrected chi connectivity index (χ3v) is 3.76. The second-order valence-corrected chi connectivity index (χ2v) is 6.58. The molecule has 1 aromatic carbocycles. The van der Waals surface area contributed by atoms with E-state index in [1.807, 2.05) is 20.8 Å². The molecule has 0 aliphatic rings. The van der Waals surface area contributed by atoms with Gasteiger partial charge in [0.2, 0.25) is 0 Å². The highest BCUT2D eigenvalue weighted by Gasteiger charge is 2.24. The van der Waals surface area contributed by atoms with E-state index in [1.165, 1.54) is 6.07 Å². The summed E-state index contributed by atoms with van der Waals surface area (Å²) >= 11 is 3.09. The molecule has 0 saturated heterocycles. The van der Waals surface area contributed by atoms with Crippen molar-refractivity contribution in [2.24, 2.45) is 11.1 Å². The fourth-order valence-electron chi connectivity index (χ4n) is 1.92. The summed E-state index contributed by atoms with van der Waals surface area (Å²) in [5.41, 5.74) is 5.94. The summed E-state index contributed by atoms with van der Waals surface area (Å²) in [6.07, 6.45) is 0.853. The standard InChI is InChI=1S/C15H22BrFN2O/c1-4-7-19(10-15(2,3)9-18)14(20)11-5-6-12(16)13(17)8-11/h5-6,8H,4,7,9-10,18H2,1-3H3. The third kappa shape index (κ3) is 4.56. The van der Waals surface area contributed by atoms with Gasteiger partial charge >= 0.3 is 0 Å². The normalized spacial score (nSPS) is 11.5. The summed E-state index contributed by atoms with van der Waals surface area (Å²) in [5, 5.41) is 0. The van der Waals surface area contributed by atoms with Crippen LogP contribution in [-0.2, 0) is 0 Å². The summed E-state index contributed by atoms with van der Waals surface area (Å²) in [7, 11) is 0. The van der Waals surface area contributed by atoms with Crippen LogP contribution in [0, 0.1) is 11.2 Å². The molecule has 1 amide bonds. The zero-order valence-electron chi connectivity index (χ0n) is 12.2. The van der Waals surface area contributed by atoms with Crippen molar-refractivity contribution in [1.29, 1.82) is 0 Å². The van der Waals surface area contributed by atoms with Gasteiger partial charge in [0.15, 0.2) is 0 Å². The van der Waals surface area contributed by atoms with Crippen molar-refractivity contribution in [2.75, 3.05) is 19.6 Å². The molecule has 0 aliphatic heterocycles. The lowest BCUT2D eigenvalue weighted by atomic mass is 9.92. The molecule has 20 heavy (non-hydrogen) atoms. The van der Waals surface area contributed by atoms with Gasteiger partial charge in [-0.1, -0.05) is 20.8 Å². The van der Waals surface area contributed by atoms with Crippen LogP contribution in [0.2, 0.25) is 0 Å². The van der Waals surface area contributed by atoms with Crippen LogP contribution in [0.5, 0.6) is 0 Å². The molecule has 2 N–H and O–H groups in total. The van der Waals surface area contributed by atoms with E-state index in [4.69, 9.17) is 5.73 Å². The average molecular weight is 345 g/mol. The Morgan fingerprint density at radius 1 is 1.45 bits per heavy atom. The first-order chi connectivity index (χ1) is 9.30. The number of carbonyl (C=O) groups is 1. The smallest absolute Gasteiger partial charge is 0.253 e. The molecule has 0 bridgehead atoms. The Morgan fingerprint density at radius 2 is 2.10 bits per heavy atom. The molecule has 0 heterocycles. The zero-order valence-corrected chi connectivity index (χ0v) is 13.8. The van der Waals surface area contributed by atoms with E-state index in [0.717, 1.165) is 6.42 Å². The molecular formula is C15H22BrFN2O. The van der Waals surface area contributed by atoms with Crippen LogP contribution in [0.4, 0.5) is 4.39 Å². The summed E-state index contributed by atoms with van der Waals surface area (Å²) in [6.45, 7) is 7.75. The number of hydrogen-bond acceptors (Lipinski definition) is 2. The van der Waals surface area contributed by atoms with Crippen molar-refractivity contribution in [2.45, 2.75) is 27.2 Å². The molecule has 5 heteroatoms. The second kappa shape index (κ2) is 7.18. The molecule has 0 unspecified atom stereocenters. The molecule has 112 valence electrons. The minimum Gasteiger partial charge on any atom is -0.338 e. The van der Waals surface area contributed by atoms with E-state index in [9.17, 15) is 9.18 Å². The van der Waals surface area contributed by atoms with Crippen LogP contribution in [0.15, 0.2) is 22.7 Å². The van der Waals surface area contributed by atoms with E-state index in [-0.39, 0.29) is 11.3 Å². The van der Waals surface area contributed by atoms with Gasteiger partial charge in [-0.3, -0.25) is 4.79 Å². The molecule has 0 radical (unpaired) electrons. The highest BCUT2D eigenvalue weighted by Crippen LogP contribution is 2.20. The predicted molar refractivity (Wildman–Crippen MR) is 83.1 cm³/mol. The molecule has 1 aromatic rings. The zero-order chi connectivity index (χ0) is 15.3. The quantitative estimate of drug-likeness (QED) is 0.859. The van der Waals surface area contributed by atoms with Crippen molar-refractivity contribution in [3.05, 3.63) is 34.1 Å². The maximum atomic E-state index is 13.6. The molecule has 0 spiro atoms. The van der Waals surface area contributed by atoms with Crippen LogP contribution in [-0.4, -0.2) is 30.4 Å². The summed E-state index contributed by atoms with van der Waals surface area (Å²) in [5.74, 6) is -0.579. The van der Waals surface area contributed by atoms with Gasteiger partial charge in [0, 0.05) is 18.7 Å². The number of benzene rings is 1. The molecule has 0 aromatic heterocycles. The monoisotopic (exact) mass is 344 g/mol. The molecule has 0 aliphatic carbocycles. The summed E-state index contributed by atoms with van der Waals surface area (Å²) < 4.78 is 13.9. The minimum atomic E-state index is -0.426. The number of rotatable bonds is 6. The summed E-state index contributed by atoms with van der Waals surface area (Å²) in [6, 6.07) is 4.46. The lowest BCUT2D eigenvalue weighted by Crippen LogP contribution is -2.42. The molecule has 0 saturated carbocycles. The van der Waals surface area contributed by atoms with Gasteiger partial charge in [0.05, 0.1) is 4.47 Å². The van der Waals surface area contributed by atoms with Gasteiger partial charge in [0.1, 0.15) is 5.82 Å². The lowest BCUT2D eigenvalue weighted by molar-refractivity contribution is 0.0689. The van der Waals surface area contributed by atoms with Gasteiger partial charge in [0.25, 0.3) is 5.91 Å². The lowest BCUT2D eigenvalue weighted by Gasteiger charge is -2.31. The molecule has 0 atom stereocenters. The SMILES string of the molecule is CCCN(CC(C)(C)CN)C(=O)c1ccc(Br)c(F)c1. The van der Waals surface area contributed by atoms with Crippen LogP contribution < -0.4 is 5.73 Å². The number of amides is 1. The van der Waals surface area contributed by atoms with Gasteiger partial charge < -0.3 is 10.6 Å². The van der Waals surface area contributed by atoms with E-state index in [2.05, 4.69) is 15.9 Å². The molecule has 0 fully saturated rings. The fourth-order valence-corrected chi connectivity index (χ4v) is 2.16. The Labute approximate surface area is 128 Å². The van der Waals surface area contributed by atoms with Gasteiger partial charge in [-0.25, -0.2) is 4.39 Å². The van der Waals surface area contributed by atoms with Gasteiger partial charge in [-0.2, -0.15) is 0 Å². The first-order valence-corrected chi connectivity index (χ1v) is 7.54. The van der Waals surface area contributed by atoms with Crippen LogP contribution in [0.1, 0.15) is 37.6 Å². The maximum Gasteiger partial charge on any atom is 0.253 e. The number of halogens is 2. The van der Waals surface area contributed by atoms with Crippen LogP contribution >= 0.6 is 15.9 Å². The highest BCUT2D eigenvalue weighted by molar-refractivity contribution is 9.10. The minimum absolute atomic E-state index is 0.153. The average Bonchev–Trinajstić information content (AvgIpc) is 2.40. The fraction of sp³-hybridized carbons (Fsp3) is 0.533. The maximum absolute atomic E-state index is 13.6. The summed E-state index contributed by atoms with van der Waals surface area (Å²) in [4.78, 5) is 14.2. The van der Waals surface area contributed by atoms with Crippen molar-refractivity contribution in [3.8, 4) is 0 Å². The van der Waals surface area contributed by atoms with E-state index in [0.29, 0.717) is 29.7 Å². The van der Waals surface area contributed by atoms with E-state index < -0.39 is 5.82 Å². The largest absolute Gasteiger partial charge is 0.338 e. The molecule has 3 nitrogen and oxygen atoms in total. The Kier molecular flexibility index (Phi) is 6.14. The van der Waals surface area contributed by atoms with Gasteiger partial charge in [-0.05, 0) is 52.5 Å². The highest BCUT2D eigenvalue weighted by atomic mass is 79.9. The van der Waals surface area contributed by atoms with Crippen molar-refractivity contribution in [1.82, 2.24) is 4.90 Å². The molecule has 1 rings (SSSR count). The first-order valence-electron chi connectivity index (χ1n) is 6.75. The number of nitrogens with two attached hydrogens (primary N) is 1. The number of nitrogens with zero attached hydrogens (tertiary/aromatic N) is 1. The van der Waals surface area contributed by atoms with Crippen LogP contribution in [0.25, 0.3) is 0 Å². The third-order valence-electron chi connectivity index (χ3n) is 3.12. The Bertz CT molecular complexity index is 477. The predicted octanol–water partition coefficient (Wildman–Crippen LogP) is 3.43. The number of hydrogen-bond donors (Lipinski definition) is 1. The Morgan fingerprint density at radius 3 is 2.60 bits per heavy atom. The van der Waals surface area contributed by atoms with Crippen molar-refractivity contribution in [3.63, 3.8) is 0 Å². The van der Waals surface area contributed by atoms with Crippen LogP contribution in [0.3, 0.4) is 0 Å². The topological polar surface area (TPSA) is 46.3 Å². The first kappa shape index (κ1) is 17.1. The second-order valence-electron chi connectivity index (χ2n) is 5.72. The Balaban J connectivity index is 2.96. The number of carbonyl (C=O) groups excluding carboxylic acids is 1. The van der Waals surface area contributed by atoms with Crippen molar-refractivity contribution < 1.29 is 9.18 Å². The van der Waals surface area contributed by atoms with Crippen molar-refractivity contribution >= 4 is 21.8 Å².